The molecule has 0 bridgehead atoms. The Labute approximate surface area is 106 Å². The number of nitrogens with two attached hydrogens (primary N) is 1. The zero-order valence-electron chi connectivity index (χ0n) is 10.0. The average molecular weight is 278 g/mol. The van der Waals surface area contributed by atoms with Gasteiger partial charge >= 0.3 is 0 Å². The summed E-state index contributed by atoms with van der Waals surface area (Å²) in [4.78, 5) is 0. The molecule has 98 valence electrons. The molecule has 5 nitrogen and oxygen atoms in total. The minimum atomic E-state index is -3.37. The Morgan fingerprint density at radius 2 is 2.24 bits per heavy atom. The smallest absolute Gasteiger partial charge is 0.252 e. The number of sulfonamides is 1. The van der Waals surface area contributed by atoms with Crippen LogP contribution in [0.4, 0.5) is 0 Å². The SMILES string of the molecule is COCCCN(C)S(=O)(=O)c1cc(CN)cs1. The van der Waals surface area contributed by atoms with Crippen LogP contribution in [0.25, 0.3) is 0 Å². The lowest BCUT2D eigenvalue weighted by Gasteiger charge is -2.15. The van der Waals surface area contributed by atoms with Crippen LogP contribution in [0.2, 0.25) is 0 Å². The molecule has 0 spiro atoms. The largest absolute Gasteiger partial charge is 0.385 e. The number of thiophene rings is 1. The first-order valence-electron chi connectivity index (χ1n) is 5.25. The van der Waals surface area contributed by atoms with Crippen molar-refractivity contribution in [2.45, 2.75) is 17.2 Å². The second-order valence-corrected chi connectivity index (χ2v) is 6.83. The summed E-state index contributed by atoms with van der Waals surface area (Å²) < 4.78 is 30.8. The van der Waals surface area contributed by atoms with Gasteiger partial charge in [-0.25, -0.2) is 12.7 Å². The van der Waals surface area contributed by atoms with E-state index in [1.807, 2.05) is 0 Å². The van der Waals surface area contributed by atoms with Crippen molar-refractivity contribution in [2.75, 3.05) is 27.3 Å². The van der Waals surface area contributed by atoms with E-state index in [9.17, 15) is 8.42 Å². The van der Waals surface area contributed by atoms with E-state index in [0.29, 0.717) is 30.3 Å². The van der Waals surface area contributed by atoms with E-state index in [4.69, 9.17) is 10.5 Å². The molecule has 7 heteroatoms. The molecule has 0 aliphatic heterocycles. The lowest BCUT2D eigenvalue weighted by molar-refractivity contribution is 0.189. The van der Waals surface area contributed by atoms with Gasteiger partial charge in [0.25, 0.3) is 10.0 Å². The Morgan fingerprint density at radius 3 is 2.76 bits per heavy atom. The molecule has 17 heavy (non-hydrogen) atoms. The van der Waals surface area contributed by atoms with Gasteiger partial charge in [-0.1, -0.05) is 0 Å². The van der Waals surface area contributed by atoms with Crippen LogP contribution in [0.5, 0.6) is 0 Å². The number of hydrogen-bond donors (Lipinski definition) is 1. The minimum absolute atomic E-state index is 0.345. The van der Waals surface area contributed by atoms with Crippen molar-refractivity contribution in [1.82, 2.24) is 4.31 Å². The normalized spacial score (nSPS) is 12.2. The van der Waals surface area contributed by atoms with Gasteiger partial charge in [-0.3, -0.25) is 0 Å². The molecular formula is C10H18N2O3S2. The maximum Gasteiger partial charge on any atom is 0.252 e. The highest BCUT2D eigenvalue weighted by Crippen LogP contribution is 2.23. The van der Waals surface area contributed by atoms with Crippen molar-refractivity contribution in [3.8, 4) is 0 Å². The van der Waals surface area contributed by atoms with Gasteiger partial charge in [0.05, 0.1) is 0 Å². The van der Waals surface area contributed by atoms with Crippen LogP contribution in [0.3, 0.4) is 0 Å². The molecule has 0 fully saturated rings. The third-order valence-corrected chi connectivity index (χ3v) is 5.67. The van der Waals surface area contributed by atoms with Gasteiger partial charge in [0, 0.05) is 33.9 Å². The first kappa shape index (κ1) is 14.6. The van der Waals surface area contributed by atoms with E-state index in [2.05, 4.69) is 0 Å². The average Bonchev–Trinajstić information content (AvgIpc) is 2.78. The molecule has 1 heterocycles. The highest BCUT2D eigenvalue weighted by Gasteiger charge is 2.22. The molecule has 1 aromatic rings. The minimum Gasteiger partial charge on any atom is -0.385 e. The summed E-state index contributed by atoms with van der Waals surface area (Å²) in [5, 5.41) is 1.77. The van der Waals surface area contributed by atoms with Gasteiger partial charge in [-0.15, -0.1) is 11.3 Å². The summed E-state index contributed by atoms with van der Waals surface area (Å²) in [6.45, 7) is 1.36. The number of methoxy groups -OCH3 is 1. The zero-order chi connectivity index (χ0) is 12.9. The highest BCUT2D eigenvalue weighted by molar-refractivity contribution is 7.91. The van der Waals surface area contributed by atoms with E-state index >= 15 is 0 Å². The Balaban J connectivity index is 2.73. The van der Waals surface area contributed by atoms with Crippen molar-refractivity contribution < 1.29 is 13.2 Å². The fourth-order valence-electron chi connectivity index (χ4n) is 1.30. The Morgan fingerprint density at radius 1 is 1.53 bits per heavy atom. The third-order valence-electron chi connectivity index (χ3n) is 2.35. The van der Waals surface area contributed by atoms with E-state index in [-0.39, 0.29) is 0 Å². The molecule has 1 aromatic heterocycles. The maximum absolute atomic E-state index is 12.1. The second kappa shape index (κ2) is 6.46. The topological polar surface area (TPSA) is 72.6 Å². The van der Waals surface area contributed by atoms with Crippen LogP contribution < -0.4 is 5.73 Å². The Kier molecular flexibility index (Phi) is 5.54. The van der Waals surface area contributed by atoms with Crippen LogP contribution in [-0.2, 0) is 21.3 Å². The summed E-state index contributed by atoms with van der Waals surface area (Å²) >= 11 is 1.21. The molecule has 0 atom stereocenters. The molecule has 0 aliphatic carbocycles. The molecule has 0 aromatic carbocycles. The number of rotatable bonds is 7. The fourth-order valence-corrected chi connectivity index (χ4v) is 3.94. The molecule has 0 amide bonds. The summed E-state index contributed by atoms with van der Waals surface area (Å²) in [6.07, 6.45) is 0.682. The van der Waals surface area contributed by atoms with Gasteiger partial charge < -0.3 is 10.5 Å². The lowest BCUT2D eigenvalue weighted by Crippen LogP contribution is -2.28. The van der Waals surface area contributed by atoms with Gasteiger partial charge in [0.1, 0.15) is 4.21 Å². The first-order chi connectivity index (χ1) is 8.02. The van der Waals surface area contributed by atoms with Crippen molar-refractivity contribution in [1.29, 1.82) is 0 Å². The monoisotopic (exact) mass is 278 g/mol. The first-order valence-corrected chi connectivity index (χ1v) is 7.57. The molecule has 2 N–H and O–H groups in total. The summed E-state index contributed by atoms with van der Waals surface area (Å²) in [7, 11) is -0.193. The van der Waals surface area contributed by atoms with Crippen LogP contribution >= 0.6 is 11.3 Å². The zero-order valence-corrected chi connectivity index (χ0v) is 11.7. The summed E-state index contributed by atoms with van der Waals surface area (Å²) in [5.74, 6) is 0. The predicted octanol–water partition coefficient (Wildman–Crippen LogP) is 0.864. The van der Waals surface area contributed by atoms with Crippen molar-refractivity contribution in [3.05, 3.63) is 17.0 Å². The number of nitrogens with zero attached hydrogens (tertiary/aromatic N) is 1. The highest BCUT2D eigenvalue weighted by atomic mass is 32.2. The Hall–Kier alpha value is -0.470. The molecule has 0 aliphatic rings. The third kappa shape index (κ3) is 3.75. The molecule has 0 radical (unpaired) electrons. The maximum atomic E-state index is 12.1. The van der Waals surface area contributed by atoms with Crippen LogP contribution in [-0.4, -0.2) is 40.0 Å². The number of ether oxygens (including phenoxy) is 1. The van der Waals surface area contributed by atoms with E-state index in [1.165, 1.54) is 15.6 Å². The molecule has 0 saturated carbocycles. The lowest BCUT2D eigenvalue weighted by atomic mass is 10.4. The van der Waals surface area contributed by atoms with Gasteiger partial charge in [-0.2, -0.15) is 0 Å². The van der Waals surface area contributed by atoms with E-state index in [0.717, 1.165) is 5.56 Å². The Bertz CT molecular complexity index is 442. The van der Waals surface area contributed by atoms with Crippen molar-refractivity contribution in [3.63, 3.8) is 0 Å². The van der Waals surface area contributed by atoms with Gasteiger partial charge in [0.15, 0.2) is 0 Å². The summed E-state index contributed by atoms with van der Waals surface area (Å²) in [5.41, 5.74) is 6.31. The quantitative estimate of drug-likeness (QED) is 0.751. The van der Waals surface area contributed by atoms with E-state index in [1.54, 1.807) is 25.6 Å². The van der Waals surface area contributed by atoms with E-state index < -0.39 is 10.0 Å². The van der Waals surface area contributed by atoms with Crippen LogP contribution in [0, 0.1) is 0 Å². The molecule has 0 saturated heterocycles. The second-order valence-electron chi connectivity index (χ2n) is 3.65. The van der Waals surface area contributed by atoms with Gasteiger partial charge in [0.2, 0.25) is 0 Å². The van der Waals surface area contributed by atoms with Gasteiger partial charge in [-0.05, 0) is 23.4 Å². The number of hydrogen-bond acceptors (Lipinski definition) is 5. The van der Waals surface area contributed by atoms with Crippen molar-refractivity contribution in [2.24, 2.45) is 5.73 Å². The molecule has 1 rings (SSSR count). The standard InChI is InChI=1S/C10H18N2O3S2/c1-12(4-3-5-15-2)17(13,14)10-6-9(7-11)8-16-10/h6,8H,3-5,7,11H2,1-2H3. The molecule has 0 unspecified atom stereocenters. The van der Waals surface area contributed by atoms with Crippen LogP contribution in [0.15, 0.2) is 15.7 Å². The predicted molar refractivity (Wildman–Crippen MR) is 68.5 cm³/mol. The summed E-state index contributed by atoms with van der Waals surface area (Å²) in [6, 6.07) is 1.63. The van der Waals surface area contributed by atoms with Crippen LogP contribution in [0.1, 0.15) is 12.0 Å². The fraction of sp³-hybridized carbons (Fsp3) is 0.600. The van der Waals surface area contributed by atoms with Crippen molar-refractivity contribution >= 4 is 21.4 Å². The molecular weight excluding hydrogens is 260 g/mol.